The standard InChI is InChI=1S/C23H23NO3/c1-23(2,3)19-14-16(17-11-8-12-24-22(17)26)13-18(21(19)27-4)20(25)15-9-6-5-7-10-15/h5-14H,1-4H3,(H,24,26). The highest BCUT2D eigenvalue weighted by Gasteiger charge is 2.26. The van der Waals surface area contributed by atoms with Gasteiger partial charge >= 0.3 is 0 Å². The van der Waals surface area contributed by atoms with E-state index in [1.807, 2.05) is 24.3 Å². The van der Waals surface area contributed by atoms with E-state index in [0.717, 1.165) is 5.56 Å². The van der Waals surface area contributed by atoms with Crippen LogP contribution in [0.4, 0.5) is 0 Å². The first-order chi connectivity index (χ1) is 12.8. The van der Waals surface area contributed by atoms with Gasteiger partial charge in [-0.2, -0.15) is 0 Å². The Morgan fingerprint density at radius 1 is 1.00 bits per heavy atom. The fourth-order valence-corrected chi connectivity index (χ4v) is 3.12. The molecule has 3 aromatic rings. The van der Waals surface area contributed by atoms with Crippen molar-refractivity contribution in [2.75, 3.05) is 7.11 Å². The summed E-state index contributed by atoms with van der Waals surface area (Å²) in [7, 11) is 1.57. The SMILES string of the molecule is COc1c(C(=O)c2ccccc2)cc(-c2ccc[nH]c2=O)cc1C(C)(C)C. The van der Waals surface area contributed by atoms with Gasteiger partial charge in [0.15, 0.2) is 5.78 Å². The van der Waals surface area contributed by atoms with E-state index in [2.05, 4.69) is 25.8 Å². The molecule has 0 atom stereocenters. The molecule has 0 fully saturated rings. The Bertz CT molecular complexity index is 1030. The van der Waals surface area contributed by atoms with Crippen LogP contribution in [0.3, 0.4) is 0 Å². The first kappa shape index (κ1) is 18.6. The number of aromatic amines is 1. The number of hydrogen-bond acceptors (Lipinski definition) is 3. The zero-order valence-electron chi connectivity index (χ0n) is 16.0. The highest BCUT2D eigenvalue weighted by atomic mass is 16.5. The van der Waals surface area contributed by atoms with Crippen molar-refractivity contribution in [1.82, 2.24) is 4.98 Å². The molecule has 0 unspecified atom stereocenters. The first-order valence-corrected chi connectivity index (χ1v) is 8.83. The molecule has 3 rings (SSSR count). The van der Waals surface area contributed by atoms with Crippen LogP contribution in [-0.4, -0.2) is 17.9 Å². The summed E-state index contributed by atoms with van der Waals surface area (Å²) in [5.41, 5.74) is 2.67. The predicted octanol–water partition coefficient (Wildman–Crippen LogP) is 4.58. The maximum atomic E-state index is 13.2. The Balaban J connectivity index is 2.31. The van der Waals surface area contributed by atoms with Crippen LogP contribution in [0.5, 0.6) is 5.75 Å². The molecule has 2 aromatic carbocycles. The second-order valence-electron chi connectivity index (χ2n) is 7.46. The molecule has 4 nitrogen and oxygen atoms in total. The number of H-pyrrole nitrogens is 1. The van der Waals surface area contributed by atoms with Gasteiger partial charge in [-0.05, 0) is 35.2 Å². The third kappa shape index (κ3) is 3.70. The molecule has 0 amide bonds. The van der Waals surface area contributed by atoms with Crippen molar-refractivity contribution in [3.8, 4) is 16.9 Å². The maximum absolute atomic E-state index is 13.2. The van der Waals surface area contributed by atoms with Crippen molar-refractivity contribution < 1.29 is 9.53 Å². The Morgan fingerprint density at radius 3 is 2.30 bits per heavy atom. The largest absolute Gasteiger partial charge is 0.496 e. The Labute approximate surface area is 158 Å². The van der Waals surface area contributed by atoms with Crippen LogP contribution in [-0.2, 0) is 5.41 Å². The smallest absolute Gasteiger partial charge is 0.255 e. The Kier molecular flexibility index (Phi) is 5.00. The molecule has 0 aliphatic heterocycles. The fourth-order valence-electron chi connectivity index (χ4n) is 3.12. The van der Waals surface area contributed by atoms with Crippen LogP contribution >= 0.6 is 0 Å². The van der Waals surface area contributed by atoms with Gasteiger partial charge in [0.25, 0.3) is 5.56 Å². The van der Waals surface area contributed by atoms with Gasteiger partial charge < -0.3 is 9.72 Å². The quantitative estimate of drug-likeness (QED) is 0.692. The summed E-state index contributed by atoms with van der Waals surface area (Å²) in [6, 6.07) is 16.3. The van der Waals surface area contributed by atoms with Gasteiger partial charge in [0.2, 0.25) is 0 Å². The molecule has 0 saturated heterocycles. The molecule has 0 spiro atoms. The Hall–Kier alpha value is -3.14. The zero-order chi connectivity index (χ0) is 19.6. The summed E-state index contributed by atoms with van der Waals surface area (Å²) in [5, 5.41) is 0. The van der Waals surface area contributed by atoms with Crippen LogP contribution in [0, 0.1) is 0 Å². The highest BCUT2D eigenvalue weighted by molar-refractivity contribution is 6.11. The number of nitrogens with one attached hydrogen (secondary N) is 1. The van der Waals surface area contributed by atoms with E-state index in [1.54, 1.807) is 43.6 Å². The lowest BCUT2D eigenvalue weighted by Gasteiger charge is -2.25. The van der Waals surface area contributed by atoms with Crippen molar-refractivity contribution in [2.45, 2.75) is 26.2 Å². The number of hydrogen-bond donors (Lipinski definition) is 1. The van der Waals surface area contributed by atoms with E-state index in [0.29, 0.717) is 28.0 Å². The van der Waals surface area contributed by atoms with Gasteiger partial charge in [-0.25, -0.2) is 0 Å². The van der Waals surface area contributed by atoms with Crippen molar-refractivity contribution in [3.05, 3.63) is 87.8 Å². The lowest BCUT2D eigenvalue weighted by Crippen LogP contribution is -2.17. The number of carbonyl (C=O) groups is 1. The third-order valence-corrected chi connectivity index (χ3v) is 4.51. The summed E-state index contributed by atoms with van der Waals surface area (Å²) < 4.78 is 5.66. The topological polar surface area (TPSA) is 59.2 Å². The molecule has 1 aromatic heterocycles. The summed E-state index contributed by atoms with van der Waals surface area (Å²) in [4.78, 5) is 28.2. The molecular weight excluding hydrogens is 338 g/mol. The number of methoxy groups -OCH3 is 1. The maximum Gasteiger partial charge on any atom is 0.255 e. The molecule has 4 heteroatoms. The molecule has 0 bridgehead atoms. The van der Waals surface area contributed by atoms with Crippen molar-refractivity contribution in [3.63, 3.8) is 0 Å². The van der Waals surface area contributed by atoms with E-state index in [1.165, 1.54) is 0 Å². The Morgan fingerprint density at radius 2 is 1.70 bits per heavy atom. The van der Waals surface area contributed by atoms with E-state index >= 15 is 0 Å². The molecular formula is C23H23NO3. The molecule has 0 aliphatic rings. The van der Waals surface area contributed by atoms with E-state index in [4.69, 9.17) is 4.74 Å². The van der Waals surface area contributed by atoms with Crippen LogP contribution in [0.1, 0.15) is 42.3 Å². The number of benzene rings is 2. The van der Waals surface area contributed by atoms with Gasteiger partial charge in [0.05, 0.1) is 12.7 Å². The normalized spacial score (nSPS) is 11.3. The minimum atomic E-state index is -0.269. The molecule has 0 saturated carbocycles. The monoisotopic (exact) mass is 361 g/mol. The minimum Gasteiger partial charge on any atom is -0.496 e. The van der Waals surface area contributed by atoms with Crippen molar-refractivity contribution in [1.29, 1.82) is 0 Å². The summed E-state index contributed by atoms with van der Waals surface area (Å²) in [6.45, 7) is 6.17. The first-order valence-electron chi connectivity index (χ1n) is 8.83. The number of rotatable bonds is 4. The minimum absolute atomic E-state index is 0.132. The lowest BCUT2D eigenvalue weighted by molar-refractivity contribution is 0.103. The molecule has 0 radical (unpaired) electrons. The van der Waals surface area contributed by atoms with Crippen molar-refractivity contribution in [2.24, 2.45) is 0 Å². The van der Waals surface area contributed by atoms with Crippen LogP contribution < -0.4 is 10.3 Å². The highest BCUT2D eigenvalue weighted by Crippen LogP contribution is 2.38. The molecule has 138 valence electrons. The molecule has 1 N–H and O–H groups in total. The number of ketones is 1. The van der Waals surface area contributed by atoms with Crippen LogP contribution in [0.15, 0.2) is 65.6 Å². The van der Waals surface area contributed by atoms with Gasteiger partial charge in [-0.1, -0.05) is 51.1 Å². The second kappa shape index (κ2) is 7.23. The summed E-state index contributed by atoms with van der Waals surface area (Å²) in [5.74, 6) is 0.416. The van der Waals surface area contributed by atoms with Crippen LogP contribution in [0.2, 0.25) is 0 Å². The summed E-state index contributed by atoms with van der Waals surface area (Å²) in [6.07, 6.45) is 1.59. The molecule has 27 heavy (non-hydrogen) atoms. The molecule has 1 heterocycles. The van der Waals surface area contributed by atoms with Gasteiger partial charge in [-0.15, -0.1) is 0 Å². The number of pyridine rings is 1. The average molecular weight is 361 g/mol. The van der Waals surface area contributed by atoms with E-state index in [9.17, 15) is 9.59 Å². The van der Waals surface area contributed by atoms with Gasteiger partial charge in [0.1, 0.15) is 5.75 Å². The van der Waals surface area contributed by atoms with Gasteiger partial charge in [0, 0.05) is 22.9 Å². The second-order valence-corrected chi connectivity index (χ2v) is 7.46. The van der Waals surface area contributed by atoms with E-state index < -0.39 is 0 Å². The zero-order valence-corrected chi connectivity index (χ0v) is 16.0. The van der Waals surface area contributed by atoms with Crippen molar-refractivity contribution >= 4 is 5.78 Å². The number of carbonyl (C=O) groups excluding carboxylic acids is 1. The predicted molar refractivity (Wildman–Crippen MR) is 108 cm³/mol. The average Bonchev–Trinajstić information content (AvgIpc) is 2.66. The number of ether oxygens (including phenoxy) is 1. The third-order valence-electron chi connectivity index (χ3n) is 4.51. The lowest BCUT2D eigenvalue weighted by atomic mass is 9.82. The van der Waals surface area contributed by atoms with Gasteiger partial charge in [-0.3, -0.25) is 9.59 Å². The molecule has 0 aliphatic carbocycles. The summed E-state index contributed by atoms with van der Waals surface area (Å²) >= 11 is 0. The number of aromatic nitrogens is 1. The van der Waals surface area contributed by atoms with E-state index in [-0.39, 0.29) is 16.8 Å². The fraction of sp³-hybridized carbons (Fsp3) is 0.217. The van der Waals surface area contributed by atoms with Crippen LogP contribution in [0.25, 0.3) is 11.1 Å².